The summed E-state index contributed by atoms with van der Waals surface area (Å²) in [5, 5.41) is 8.78. The summed E-state index contributed by atoms with van der Waals surface area (Å²) in [5.74, 6) is -12.0. The normalized spacial score (nSPS) is 12.8. The Morgan fingerprint density at radius 3 is 1.86 bits per heavy atom. The van der Waals surface area contributed by atoms with Gasteiger partial charge in [-0.25, -0.2) is 22.0 Å². The summed E-state index contributed by atoms with van der Waals surface area (Å²) in [6, 6.07) is 0. The van der Waals surface area contributed by atoms with Gasteiger partial charge in [0, 0.05) is 18.7 Å². The van der Waals surface area contributed by atoms with Crippen LogP contribution in [-0.4, -0.2) is 29.1 Å². The van der Waals surface area contributed by atoms with Gasteiger partial charge < -0.3 is 5.11 Å². The smallest absolute Gasteiger partial charge is 0.307 e. The number of benzene rings is 1. The van der Waals surface area contributed by atoms with Crippen LogP contribution in [0.3, 0.4) is 0 Å². The number of halogens is 5. The molecule has 0 aliphatic rings. The van der Waals surface area contributed by atoms with Crippen LogP contribution in [0.2, 0.25) is 0 Å². The van der Waals surface area contributed by atoms with Gasteiger partial charge in [0.15, 0.2) is 23.3 Å². The zero-order valence-electron chi connectivity index (χ0n) is 11.4. The van der Waals surface area contributed by atoms with Crippen molar-refractivity contribution < 1.29 is 31.9 Å². The molecule has 0 aliphatic heterocycles. The fourth-order valence-corrected chi connectivity index (χ4v) is 1.78. The van der Waals surface area contributed by atoms with Crippen molar-refractivity contribution >= 4 is 5.97 Å². The largest absolute Gasteiger partial charge is 0.481 e. The fourth-order valence-electron chi connectivity index (χ4n) is 1.78. The molecular weight excluding hydrogens is 297 g/mol. The van der Waals surface area contributed by atoms with Crippen molar-refractivity contribution in [3.63, 3.8) is 0 Å². The summed E-state index contributed by atoms with van der Waals surface area (Å²) < 4.78 is 66.1. The van der Waals surface area contributed by atoms with E-state index < -0.39 is 53.1 Å². The minimum atomic E-state index is -2.21. The van der Waals surface area contributed by atoms with E-state index in [0.29, 0.717) is 0 Å². The van der Waals surface area contributed by atoms with Gasteiger partial charge in [0.25, 0.3) is 0 Å². The molecule has 0 bridgehead atoms. The molecular formula is C13H14F5NO2. The zero-order chi connectivity index (χ0) is 16.3. The molecule has 0 heterocycles. The zero-order valence-corrected chi connectivity index (χ0v) is 11.4. The van der Waals surface area contributed by atoms with E-state index in [0.717, 1.165) is 0 Å². The predicted octanol–water partition coefficient (Wildman–Crippen LogP) is 2.92. The van der Waals surface area contributed by atoms with Gasteiger partial charge in [-0.3, -0.25) is 9.69 Å². The molecule has 0 spiro atoms. The van der Waals surface area contributed by atoms with Crippen molar-refractivity contribution in [2.24, 2.45) is 5.92 Å². The van der Waals surface area contributed by atoms with Gasteiger partial charge in [0.05, 0.1) is 5.92 Å². The van der Waals surface area contributed by atoms with Crippen LogP contribution in [0.15, 0.2) is 0 Å². The van der Waals surface area contributed by atoms with E-state index in [9.17, 15) is 26.7 Å². The Balaban J connectivity index is 3.09. The molecule has 1 rings (SSSR count). The summed E-state index contributed by atoms with van der Waals surface area (Å²) in [6.45, 7) is 2.51. The summed E-state index contributed by atoms with van der Waals surface area (Å²) in [7, 11) is 0. The van der Waals surface area contributed by atoms with Crippen molar-refractivity contribution in [3.8, 4) is 0 Å². The van der Waals surface area contributed by atoms with E-state index in [1.807, 2.05) is 0 Å². The Hall–Kier alpha value is -1.70. The summed E-state index contributed by atoms with van der Waals surface area (Å²) in [6.07, 6.45) is 0. The Morgan fingerprint density at radius 2 is 1.48 bits per heavy atom. The monoisotopic (exact) mass is 311 g/mol. The van der Waals surface area contributed by atoms with E-state index >= 15 is 0 Å². The second-order valence-corrected chi connectivity index (χ2v) is 4.62. The predicted molar refractivity (Wildman–Crippen MR) is 64.0 cm³/mol. The van der Waals surface area contributed by atoms with Crippen LogP contribution in [0.4, 0.5) is 22.0 Å². The lowest BCUT2D eigenvalue weighted by molar-refractivity contribution is -0.141. The maximum Gasteiger partial charge on any atom is 0.307 e. The Bertz CT molecular complexity index is 521. The fraction of sp³-hybridized carbons (Fsp3) is 0.462. The standard InChI is InChI=1S/C13H14F5NO2/c1-3-19(4-6(2)13(20)21)5-7-8(14)10(16)12(18)11(17)9(7)15/h6H,3-5H2,1-2H3,(H,20,21). The molecule has 1 unspecified atom stereocenters. The van der Waals surface area contributed by atoms with Crippen molar-refractivity contribution in [3.05, 3.63) is 34.6 Å². The van der Waals surface area contributed by atoms with Crippen LogP contribution in [0, 0.1) is 35.0 Å². The van der Waals surface area contributed by atoms with Gasteiger partial charge in [0.1, 0.15) is 0 Å². The third-order valence-corrected chi connectivity index (χ3v) is 3.08. The number of carboxylic acid groups (broad SMARTS) is 1. The molecule has 3 nitrogen and oxygen atoms in total. The Morgan fingerprint density at radius 1 is 1.05 bits per heavy atom. The topological polar surface area (TPSA) is 40.5 Å². The van der Waals surface area contributed by atoms with Gasteiger partial charge in [-0.15, -0.1) is 0 Å². The average molecular weight is 311 g/mol. The molecule has 8 heteroatoms. The first-order valence-electron chi connectivity index (χ1n) is 6.16. The summed E-state index contributed by atoms with van der Waals surface area (Å²) in [4.78, 5) is 12.0. The van der Waals surface area contributed by atoms with E-state index in [-0.39, 0.29) is 13.1 Å². The van der Waals surface area contributed by atoms with E-state index in [4.69, 9.17) is 5.11 Å². The molecule has 0 radical (unpaired) electrons. The molecule has 1 aromatic carbocycles. The number of hydrogen-bond acceptors (Lipinski definition) is 2. The Kier molecular flexibility index (Phi) is 5.65. The first-order valence-corrected chi connectivity index (χ1v) is 6.16. The number of carboxylic acids is 1. The molecule has 21 heavy (non-hydrogen) atoms. The molecule has 0 saturated carbocycles. The molecule has 118 valence electrons. The van der Waals surface area contributed by atoms with Crippen LogP contribution < -0.4 is 0 Å². The van der Waals surface area contributed by atoms with Crippen LogP contribution in [0.1, 0.15) is 19.4 Å². The molecule has 1 N–H and O–H groups in total. The Labute approximate surface area is 118 Å². The number of aliphatic carboxylic acids is 1. The second kappa shape index (κ2) is 6.84. The SMILES string of the molecule is CCN(Cc1c(F)c(F)c(F)c(F)c1F)CC(C)C(=O)O. The van der Waals surface area contributed by atoms with Gasteiger partial charge in [0.2, 0.25) is 5.82 Å². The molecule has 0 amide bonds. The van der Waals surface area contributed by atoms with Crippen LogP contribution in [-0.2, 0) is 11.3 Å². The van der Waals surface area contributed by atoms with E-state index in [1.54, 1.807) is 6.92 Å². The van der Waals surface area contributed by atoms with Crippen molar-refractivity contribution in [1.82, 2.24) is 4.90 Å². The molecule has 1 atom stereocenters. The number of rotatable bonds is 6. The highest BCUT2D eigenvalue weighted by atomic mass is 19.2. The number of hydrogen-bond donors (Lipinski definition) is 1. The van der Waals surface area contributed by atoms with Crippen LogP contribution >= 0.6 is 0 Å². The quantitative estimate of drug-likeness (QED) is 0.499. The van der Waals surface area contributed by atoms with Crippen LogP contribution in [0.5, 0.6) is 0 Å². The van der Waals surface area contributed by atoms with Gasteiger partial charge >= 0.3 is 5.97 Å². The average Bonchev–Trinajstić information content (AvgIpc) is 2.45. The summed E-state index contributed by atoms with van der Waals surface area (Å²) in [5.41, 5.74) is -0.967. The lowest BCUT2D eigenvalue weighted by Gasteiger charge is -2.23. The lowest BCUT2D eigenvalue weighted by atomic mass is 10.1. The third kappa shape index (κ3) is 3.69. The van der Waals surface area contributed by atoms with E-state index in [2.05, 4.69) is 0 Å². The number of carbonyl (C=O) groups is 1. The maximum atomic E-state index is 13.5. The molecule has 0 aromatic heterocycles. The summed E-state index contributed by atoms with van der Waals surface area (Å²) >= 11 is 0. The van der Waals surface area contributed by atoms with Gasteiger partial charge in [-0.1, -0.05) is 13.8 Å². The highest BCUT2D eigenvalue weighted by Crippen LogP contribution is 2.24. The van der Waals surface area contributed by atoms with Crippen LogP contribution in [0.25, 0.3) is 0 Å². The highest BCUT2D eigenvalue weighted by molar-refractivity contribution is 5.69. The first kappa shape index (κ1) is 17.4. The van der Waals surface area contributed by atoms with Crippen molar-refractivity contribution in [2.75, 3.05) is 13.1 Å². The lowest BCUT2D eigenvalue weighted by Crippen LogP contribution is -2.32. The van der Waals surface area contributed by atoms with Crippen molar-refractivity contribution in [1.29, 1.82) is 0 Å². The van der Waals surface area contributed by atoms with Gasteiger partial charge in [-0.05, 0) is 6.54 Å². The second-order valence-electron chi connectivity index (χ2n) is 4.62. The van der Waals surface area contributed by atoms with E-state index in [1.165, 1.54) is 11.8 Å². The third-order valence-electron chi connectivity index (χ3n) is 3.08. The highest BCUT2D eigenvalue weighted by Gasteiger charge is 2.27. The number of nitrogens with zero attached hydrogens (tertiary/aromatic N) is 1. The maximum absolute atomic E-state index is 13.5. The first-order chi connectivity index (χ1) is 9.70. The molecule has 1 aromatic rings. The minimum absolute atomic E-state index is 0.0780. The van der Waals surface area contributed by atoms with Gasteiger partial charge in [-0.2, -0.15) is 0 Å². The molecule has 0 fully saturated rings. The minimum Gasteiger partial charge on any atom is -0.481 e. The molecule has 0 saturated heterocycles. The molecule has 0 aliphatic carbocycles. The van der Waals surface area contributed by atoms with Crippen molar-refractivity contribution in [2.45, 2.75) is 20.4 Å².